The summed E-state index contributed by atoms with van der Waals surface area (Å²) in [5.41, 5.74) is 0.751. The molecule has 2 rings (SSSR count). The van der Waals surface area contributed by atoms with Gasteiger partial charge in [-0.05, 0) is 43.9 Å². The van der Waals surface area contributed by atoms with E-state index in [9.17, 15) is 4.79 Å². The van der Waals surface area contributed by atoms with Crippen LogP contribution < -0.4 is 4.74 Å². The minimum atomic E-state index is -1.18. The average Bonchev–Trinajstić information content (AvgIpc) is 3.07. The summed E-state index contributed by atoms with van der Waals surface area (Å²) in [6.07, 6.45) is 1.38. The number of methoxy groups -OCH3 is 1. The maximum Gasteiger partial charge on any atom is 0.392 e. The molecule has 23 heavy (non-hydrogen) atoms. The third-order valence-corrected chi connectivity index (χ3v) is 3.40. The van der Waals surface area contributed by atoms with Crippen molar-refractivity contribution in [2.45, 2.75) is 20.8 Å². The van der Waals surface area contributed by atoms with Crippen LogP contribution in [0.2, 0.25) is 0 Å². The molecule has 0 aliphatic carbocycles. The van der Waals surface area contributed by atoms with Crippen LogP contribution in [0.5, 0.6) is 5.75 Å². The monoisotopic (exact) mass is 320 g/mol. The van der Waals surface area contributed by atoms with Gasteiger partial charge >= 0.3 is 11.9 Å². The van der Waals surface area contributed by atoms with Gasteiger partial charge in [-0.25, -0.2) is 9.78 Å². The molecule has 0 radical (unpaired) electrons. The maximum absolute atomic E-state index is 10.6. The fraction of sp³-hybridized carbons (Fsp3) is 0.412. The molecule has 0 spiro atoms. The number of aromatic carboxylic acids is 1. The van der Waals surface area contributed by atoms with Gasteiger partial charge in [0.2, 0.25) is 0 Å². The van der Waals surface area contributed by atoms with E-state index in [1.807, 2.05) is 0 Å². The van der Waals surface area contributed by atoms with Crippen molar-refractivity contribution in [1.82, 2.24) is 9.88 Å². The van der Waals surface area contributed by atoms with Gasteiger partial charge in [0.25, 0.3) is 0 Å². The molecule has 6 heteroatoms. The molecule has 0 atom stereocenters. The summed E-state index contributed by atoms with van der Waals surface area (Å²) in [7, 11) is 1.58. The Hall–Kier alpha value is -2.34. The Balaban J connectivity index is 0.000000322. The van der Waals surface area contributed by atoms with E-state index in [0.29, 0.717) is 5.76 Å². The van der Waals surface area contributed by atoms with Gasteiger partial charge in [-0.1, -0.05) is 20.8 Å². The molecule has 126 valence electrons. The van der Waals surface area contributed by atoms with E-state index in [0.717, 1.165) is 11.3 Å². The first kappa shape index (κ1) is 18.7. The van der Waals surface area contributed by atoms with Crippen molar-refractivity contribution in [3.63, 3.8) is 0 Å². The Kier molecular flexibility index (Phi) is 7.83. The lowest BCUT2D eigenvalue weighted by atomic mass is 10.2. The summed E-state index contributed by atoms with van der Waals surface area (Å²) >= 11 is 0. The summed E-state index contributed by atoms with van der Waals surface area (Å²) in [5.74, 6) is -0.354. The number of hydrogen-bond acceptors (Lipinski definition) is 5. The SMILES string of the molecule is CCN(CC)CC.COc1ccc(-c2cnc(C(=O)O)o2)cc1. The predicted octanol–water partition coefficient (Wildman–Crippen LogP) is 3.40. The molecule has 0 aliphatic rings. The quantitative estimate of drug-likeness (QED) is 0.879. The van der Waals surface area contributed by atoms with Crippen molar-refractivity contribution < 1.29 is 19.1 Å². The molecule has 6 nitrogen and oxygen atoms in total. The molecule has 0 saturated carbocycles. The number of carbonyl (C=O) groups is 1. The van der Waals surface area contributed by atoms with Gasteiger partial charge in [-0.15, -0.1) is 0 Å². The topological polar surface area (TPSA) is 75.8 Å². The Morgan fingerprint density at radius 3 is 2.09 bits per heavy atom. The van der Waals surface area contributed by atoms with E-state index in [-0.39, 0.29) is 5.89 Å². The lowest BCUT2D eigenvalue weighted by Gasteiger charge is -2.13. The number of benzene rings is 1. The van der Waals surface area contributed by atoms with Crippen LogP contribution in [0, 0.1) is 0 Å². The van der Waals surface area contributed by atoms with Crippen molar-refractivity contribution in [3.05, 3.63) is 36.4 Å². The number of carboxylic acid groups (broad SMARTS) is 1. The van der Waals surface area contributed by atoms with Crippen molar-refractivity contribution in [2.24, 2.45) is 0 Å². The van der Waals surface area contributed by atoms with Crippen molar-refractivity contribution >= 4 is 5.97 Å². The normalized spacial score (nSPS) is 10.1. The van der Waals surface area contributed by atoms with Gasteiger partial charge < -0.3 is 19.2 Å². The Morgan fingerprint density at radius 2 is 1.74 bits per heavy atom. The van der Waals surface area contributed by atoms with Crippen LogP contribution in [-0.4, -0.2) is 47.7 Å². The summed E-state index contributed by atoms with van der Waals surface area (Å²) in [6, 6.07) is 7.06. The number of ether oxygens (including phenoxy) is 1. The predicted molar refractivity (Wildman–Crippen MR) is 88.9 cm³/mol. The van der Waals surface area contributed by atoms with E-state index < -0.39 is 5.97 Å². The number of nitrogens with zero attached hydrogens (tertiary/aromatic N) is 2. The maximum atomic E-state index is 10.6. The smallest absolute Gasteiger partial charge is 0.392 e. The second-order valence-electron chi connectivity index (χ2n) is 4.68. The minimum Gasteiger partial charge on any atom is -0.497 e. The standard InChI is InChI=1S/C11H9NO4.C6H15N/c1-15-8-4-2-7(3-5-8)9-6-12-10(16-9)11(13)14;1-4-7(5-2)6-3/h2-6H,1H3,(H,13,14);4-6H2,1-3H3. The number of aromatic nitrogens is 1. The summed E-state index contributed by atoms with van der Waals surface area (Å²) in [4.78, 5) is 16.6. The van der Waals surface area contributed by atoms with Gasteiger partial charge in [0.05, 0.1) is 13.3 Å². The zero-order chi connectivity index (χ0) is 17.2. The molecule has 0 unspecified atom stereocenters. The first-order valence-electron chi connectivity index (χ1n) is 7.61. The van der Waals surface area contributed by atoms with Crippen LogP contribution in [0.15, 0.2) is 34.9 Å². The van der Waals surface area contributed by atoms with E-state index in [2.05, 4.69) is 30.7 Å². The molecule has 0 fully saturated rings. The summed E-state index contributed by atoms with van der Waals surface area (Å²) in [5, 5.41) is 8.65. The van der Waals surface area contributed by atoms with Crippen molar-refractivity contribution in [1.29, 1.82) is 0 Å². The fourth-order valence-corrected chi connectivity index (χ4v) is 1.93. The fourth-order valence-electron chi connectivity index (χ4n) is 1.93. The highest BCUT2D eigenvalue weighted by atomic mass is 16.5. The molecular formula is C17H24N2O4. The van der Waals surface area contributed by atoms with Gasteiger partial charge in [0.1, 0.15) is 5.75 Å². The van der Waals surface area contributed by atoms with Crippen LogP contribution in [0.25, 0.3) is 11.3 Å². The van der Waals surface area contributed by atoms with Crippen LogP contribution >= 0.6 is 0 Å². The highest BCUT2D eigenvalue weighted by molar-refractivity contribution is 5.82. The van der Waals surface area contributed by atoms with Crippen molar-refractivity contribution in [3.8, 4) is 17.1 Å². The van der Waals surface area contributed by atoms with Crippen LogP contribution in [-0.2, 0) is 0 Å². The van der Waals surface area contributed by atoms with E-state index in [1.165, 1.54) is 25.8 Å². The largest absolute Gasteiger partial charge is 0.497 e. The molecule has 1 aromatic carbocycles. The number of hydrogen-bond donors (Lipinski definition) is 1. The lowest BCUT2D eigenvalue weighted by Crippen LogP contribution is -2.21. The zero-order valence-electron chi connectivity index (χ0n) is 14.1. The second kappa shape index (κ2) is 9.63. The Labute approximate surface area is 136 Å². The van der Waals surface area contributed by atoms with Gasteiger partial charge in [0.15, 0.2) is 5.76 Å². The number of oxazole rings is 1. The van der Waals surface area contributed by atoms with E-state index in [1.54, 1.807) is 31.4 Å². The summed E-state index contributed by atoms with van der Waals surface area (Å²) in [6.45, 7) is 10.1. The van der Waals surface area contributed by atoms with Gasteiger partial charge in [-0.2, -0.15) is 0 Å². The highest BCUT2D eigenvalue weighted by Gasteiger charge is 2.12. The van der Waals surface area contributed by atoms with E-state index in [4.69, 9.17) is 14.3 Å². The third kappa shape index (κ3) is 5.75. The van der Waals surface area contributed by atoms with E-state index >= 15 is 0 Å². The molecule has 0 amide bonds. The van der Waals surface area contributed by atoms with Crippen LogP contribution in [0.3, 0.4) is 0 Å². The zero-order valence-corrected chi connectivity index (χ0v) is 14.1. The van der Waals surface area contributed by atoms with Gasteiger partial charge in [0, 0.05) is 5.56 Å². The molecule has 2 aromatic rings. The lowest BCUT2D eigenvalue weighted by molar-refractivity contribution is 0.0654. The number of carboxylic acids is 1. The molecule has 0 saturated heterocycles. The molecule has 1 N–H and O–H groups in total. The Bertz CT molecular complexity index is 583. The first-order valence-corrected chi connectivity index (χ1v) is 7.61. The Morgan fingerprint density at radius 1 is 1.17 bits per heavy atom. The molecule has 0 aliphatic heterocycles. The minimum absolute atomic E-state index is 0.314. The summed E-state index contributed by atoms with van der Waals surface area (Å²) < 4.78 is 10.1. The molecule has 1 aromatic heterocycles. The first-order chi connectivity index (χ1) is 11.0. The molecular weight excluding hydrogens is 296 g/mol. The molecule has 0 bridgehead atoms. The number of rotatable bonds is 6. The highest BCUT2D eigenvalue weighted by Crippen LogP contribution is 2.22. The third-order valence-electron chi connectivity index (χ3n) is 3.40. The average molecular weight is 320 g/mol. The van der Waals surface area contributed by atoms with Crippen LogP contribution in [0.1, 0.15) is 31.5 Å². The van der Waals surface area contributed by atoms with Gasteiger partial charge in [-0.3, -0.25) is 0 Å². The van der Waals surface area contributed by atoms with Crippen molar-refractivity contribution in [2.75, 3.05) is 26.7 Å². The van der Waals surface area contributed by atoms with Crippen LogP contribution in [0.4, 0.5) is 0 Å². The molecule has 1 heterocycles. The second-order valence-corrected chi connectivity index (χ2v) is 4.68.